The molecule has 1 saturated heterocycles. The van der Waals surface area contributed by atoms with E-state index in [1.165, 1.54) is 5.69 Å². The van der Waals surface area contributed by atoms with Crippen LogP contribution in [0.4, 0.5) is 5.69 Å². The number of rotatable bonds is 4. The summed E-state index contributed by atoms with van der Waals surface area (Å²) >= 11 is 0. The first kappa shape index (κ1) is 14.3. The lowest BCUT2D eigenvalue weighted by atomic mass is 10.1. The second kappa shape index (κ2) is 6.35. The number of aliphatic hydroxyl groups excluding tert-OH is 1. The van der Waals surface area contributed by atoms with Gasteiger partial charge in [0.05, 0.1) is 17.5 Å². The third kappa shape index (κ3) is 3.67. The van der Waals surface area contributed by atoms with E-state index in [0.717, 1.165) is 50.3 Å². The monoisotopic (exact) mass is 263 g/mol. The number of nitrogens with zero attached hydrogens (tertiary/aromatic N) is 3. The zero-order valence-corrected chi connectivity index (χ0v) is 12.3. The van der Waals surface area contributed by atoms with E-state index in [1.807, 2.05) is 0 Å². The van der Waals surface area contributed by atoms with Gasteiger partial charge in [-0.1, -0.05) is 6.92 Å². The number of aryl methyl sites for hydroxylation is 1. The molecule has 0 spiro atoms. The molecular formula is C15H25N3O. The van der Waals surface area contributed by atoms with Gasteiger partial charge in [-0.15, -0.1) is 0 Å². The van der Waals surface area contributed by atoms with Crippen molar-refractivity contribution in [2.45, 2.75) is 38.8 Å². The molecule has 1 aliphatic rings. The molecular weight excluding hydrogens is 238 g/mol. The van der Waals surface area contributed by atoms with Crippen molar-refractivity contribution in [2.24, 2.45) is 0 Å². The van der Waals surface area contributed by atoms with E-state index in [2.05, 4.69) is 43.0 Å². The average molecular weight is 263 g/mol. The van der Waals surface area contributed by atoms with Crippen LogP contribution in [0.1, 0.15) is 31.2 Å². The fourth-order valence-electron chi connectivity index (χ4n) is 2.61. The number of aliphatic hydroxyl groups is 1. The fourth-order valence-corrected chi connectivity index (χ4v) is 2.61. The molecule has 106 valence electrons. The first-order chi connectivity index (χ1) is 9.10. The lowest BCUT2D eigenvalue weighted by Crippen LogP contribution is -2.39. The molecule has 0 aliphatic carbocycles. The lowest BCUT2D eigenvalue weighted by Gasteiger charge is -2.33. The minimum atomic E-state index is -0.202. The van der Waals surface area contributed by atoms with E-state index in [1.54, 1.807) is 0 Å². The molecule has 1 aromatic rings. The highest BCUT2D eigenvalue weighted by Gasteiger charge is 2.20. The molecule has 1 unspecified atom stereocenters. The molecule has 0 aromatic carbocycles. The Balaban J connectivity index is 2.26. The van der Waals surface area contributed by atoms with Crippen LogP contribution in [0.15, 0.2) is 12.1 Å². The molecule has 1 aromatic heterocycles. The van der Waals surface area contributed by atoms with E-state index in [-0.39, 0.29) is 6.10 Å². The number of piperidine rings is 1. The summed E-state index contributed by atoms with van der Waals surface area (Å²) in [5.74, 6) is 0. The molecule has 1 fully saturated rings. The Morgan fingerprint density at radius 2 is 2.21 bits per heavy atom. The summed E-state index contributed by atoms with van der Waals surface area (Å²) in [4.78, 5) is 9.19. The van der Waals surface area contributed by atoms with E-state index >= 15 is 0 Å². The van der Waals surface area contributed by atoms with Crippen LogP contribution < -0.4 is 4.90 Å². The first-order valence-corrected chi connectivity index (χ1v) is 7.16. The van der Waals surface area contributed by atoms with Gasteiger partial charge in [-0.2, -0.15) is 0 Å². The van der Waals surface area contributed by atoms with Crippen molar-refractivity contribution in [3.8, 4) is 0 Å². The van der Waals surface area contributed by atoms with Gasteiger partial charge < -0.3 is 14.9 Å². The maximum Gasteiger partial charge on any atom is 0.0779 e. The molecule has 4 nitrogen and oxygen atoms in total. The molecule has 1 atom stereocenters. The van der Waals surface area contributed by atoms with Crippen LogP contribution in [0.25, 0.3) is 0 Å². The van der Waals surface area contributed by atoms with Gasteiger partial charge in [-0.3, -0.25) is 4.98 Å². The molecule has 0 saturated carbocycles. The van der Waals surface area contributed by atoms with Crippen molar-refractivity contribution in [1.29, 1.82) is 0 Å². The fraction of sp³-hybridized carbons (Fsp3) is 0.667. The largest absolute Gasteiger partial charge is 0.391 e. The van der Waals surface area contributed by atoms with Crippen LogP contribution in [0, 0.1) is 0 Å². The normalized spacial score (nSPS) is 20.1. The van der Waals surface area contributed by atoms with Crippen molar-refractivity contribution in [3.05, 3.63) is 23.5 Å². The predicted molar refractivity (Wildman–Crippen MR) is 78.5 cm³/mol. The summed E-state index contributed by atoms with van der Waals surface area (Å²) < 4.78 is 0. The van der Waals surface area contributed by atoms with Crippen molar-refractivity contribution >= 4 is 5.69 Å². The summed E-state index contributed by atoms with van der Waals surface area (Å²) in [6.07, 6.45) is 2.73. The number of aromatic nitrogens is 1. The molecule has 2 rings (SSSR count). The lowest BCUT2D eigenvalue weighted by molar-refractivity contribution is 0.154. The number of hydrogen-bond acceptors (Lipinski definition) is 4. The van der Waals surface area contributed by atoms with Crippen molar-refractivity contribution in [3.63, 3.8) is 0 Å². The molecule has 4 heteroatoms. The maximum absolute atomic E-state index is 9.84. The van der Waals surface area contributed by atoms with Gasteiger partial charge >= 0.3 is 0 Å². The second-order valence-electron chi connectivity index (χ2n) is 5.60. The van der Waals surface area contributed by atoms with Crippen molar-refractivity contribution in [2.75, 3.05) is 32.1 Å². The quantitative estimate of drug-likeness (QED) is 0.897. The topological polar surface area (TPSA) is 39.6 Å². The summed E-state index contributed by atoms with van der Waals surface area (Å²) in [6.45, 7) is 4.72. The summed E-state index contributed by atoms with van der Waals surface area (Å²) in [6, 6.07) is 4.28. The van der Waals surface area contributed by atoms with Crippen molar-refractivity contribution < 1.29 is 5.11 Å². The maximum atomic E-state index is 9.84. The molecule has 0 bridgehead atoms. The number of anilines is 1. The van der Waals surface area contributed by atoms with E-state index in [0.29, 0.717) is 0 Å². The van der Waals surface area contributed by atoms with Crippen LogP contribution in [0.2, 0.25) is 0 Å². The summed E-state index contributed by atoms with van der Waals surface area (Å²) in [7, 11) is 4.13. The summed E-state index contributed by atoms with van der Waals surface area (Å²) in [5.41, 5.74) is 3.45. The Hall–Kier alpha value is -1.13. The van der Waals surface area contributed by atoms with Gasteiger partial charge in [0.15, 0.2) is 0 Å². The molecule has 1 aliphatic heterocycles. The van der Waals surface area contributed by atoms with Crippen LogP contribution in [0.3, 0.4) is 0 Å². The zero-order chi connectivity index (χ0) is 13.8. The van der Waals surface area contributed by atoms with Crippen LogP contribution in [0.5, 0.6) is 0 Å². The highest BCUT2D eigenvalue weighted by atomic mass is 16.3. The number of β-amino-alcohol motifs (C(OH)–C–C–N with tert-alkyl or cyclic N) is 1. The SMILES string of the molecule is CCc1ccc(N2CCCC(O)C2)c(CN(C)C)n1. The van der Waals surface area contributed by atoms with E-state index in [9.17, 15) is 5.11 Å². The Labute approximate surface area is 116 Å². The van der Waals surface area contributed by atoms with Gasteiger partial charge in [-0.05, 0) is 45.5 Å². The standard InChI is InChI=1S/C15H25N3O/c1-4-12-7-8-15(14(16-12)11-17(2)3)18-9-5-6-13(19)10-18/h7-8,13,19H,4-6,9-11H2,1-3H3. The summed E-state index contributed by atoms with van der Waals surface area (Å²) in [5, 5.41) is 9.84. The minimum Gasteiger partial charge on any atom is -0.391 e. The highest BCUT2D eigenvalue weighted by Crippen LogP contribution is 2.24. The van der Waals surface area contributed by atoms with Gasteiger partial charge in [0.25, 0.3) is 0 Å². The van der Waals surface area contributed by atoms with Crippen LogP contribution in [-0.4, -0.2) is 48.3 Å². The predicted octanol–water partition coefficient (Wildman–Crippen LogP) is 1.67. The molecule has 19 heavy (non-hydrogen) atoms. The molecule has 0 amide bonds. The van der Waals surface area contributed by atoms with E-state index < -0.39 is 0 Å². The third-order valence-corrected chi connectivity index (χ3v) is 3.57. The van der Waals surface area contributed by atoms with Gasteiger partial charge in [-0.25, -0.2) is 0 Å². The number of pyridine rings is 1. The molecule has 2 heterocycles. The van der Waals surface area contributed by atoms with Gasteiger partial charge in [0.2, 0.25) is 0 Å². The Morgan fingerprint density at radius 1 is 1.42 bits per heavy atom. The van der Waals surface area contributed by atoms with Gasteiger partial charge in [0, 0.05) is 25.3 Å². The highest BCUT2D eigenvalue weighted by molar-refractivity contribution is 5.51. The van der Waals surface area contributed by atoms with Gasteiger partial charge in [0.1, 0.15) is 0 Å². The smallest absolute Gasteiger partial charge is 0.0779 e. The zero-order valence-electron chi connectivity index (χ0n) is 12.3. The van der Waals surface area contributed by atoms with Crippen molar-refractivity contribution in [1.82, 2.24) is 9.88 Å². The third-order valence-electron chi connectivity index (χ3n) is 3.57. The van der Waals surface area contributed by atoms with E-state index in [4.69, 9.17) is 4.98 Å². The van der Waals surface area contributed by atoms with Crippen LogP contribution in [-0.2, 0) is 13.0 Å². The Morgan fingerprint density at radius 3 is 2.84 bits per heavy atom. The average Bonchev–Trinajstić information content (AvgIpc) is 2.38. The first-order valence-electron chi connectivity index (χ1n) is 7.16. The number of hydrogen-bond donors (Lipinski definition) is 1. The Bertz CT molecular complexity index is 420. The Kier molecular flexibility index (Phi) is 4.77. The molecule has 1 N–H and O–H groups in total. The second-order valence-corrected chi connectivity index (χ2v) is 5.60. The van der Waals surface area contributed by atoms with Crippen LogP contribution >= 0.6 is 0 Å². The minimum absolute atomic E-state index is 0.202. The molecule has 0 radical (unpaired) electrons.